The highest BCUT2D eigenvalue weighted by molar-refractivity contribution is 7.89. The van der Waals surface area contributed by atoms with E-state index in [1.807, 2.05) is 6.92 Å². The molecule has 7 heteroatoms. The second kappa shape index (κ2) is 4.92. The lowest BCUT2D eigenvalue weighted by Crippen LogP contribution is -2.14. The van der Waals surface area contributed by atoms with E-state index in [1.54, 1.807) is 17.7 Å². The minimum absolute atomic E-state index is 0.0216. The van der Waals surface area contributed by atoms with Crippen molar-refractivity contribution in [2.45, 2.75) is 24.5 Å². The first-order chi connectivity index (χ1) is 8.84. The number of hydrogen-bond donors (Lipinski definition) is 1. The molecule has 0 saturated heterocycles. The van der Waals surface area contributed by atoms with E-state index < -0.39 is 15.8 Å². The van der Waals surface area contributed by atoms with E-state index >= 15 is 0 Å². The number of ether oxygens (including phenoxy) is 1. The van der Waals surface area contributed by atoms with E-state index in [-0.39, 0.29) is 16.4 Å². The first kappa shape index (κ1) is 14.0. The molecule has 0 bridgehead atoms. The van der Waals surface area contributed by atoms with Gasteiger partial charge in [-0.3, -0.25) is 0 Å². The minimum atomic E-state index is -3.98. The lowest BCUT2D eigenvalue weighted by atomic mass is 10.2. The van der Waals surface area contributed by atoms with E-state index in [0.29, 0.717) is 12.1 Å². The van der Waals surface area contributed by atoms with E-state index in [2.05, 4.69) is 0 Å². The smallest absolute Gasteiger partial charge is 0.240 e. The van der Waals surface area contributed by atoms with Gasteiger partial charge in [-0.25, -0.2) is 17.9 Å². The van der Waals surface area contributed by atoms with Crippen LogP contribution < -0.4 is 5.14 Å². The summed E-state index contributed by atoms with van der Waals surface area (Å²) >= 11 is 0. The van der Waals surface area contributed by atoms with Crippen molar-refractivity contribution in [2.75, 3.05) is 7.11 Å². The maximum atomic E-state index is 13.8. The predicted molar refractivity (Wildman–Crippen MR) is 69.7 cm³/mol. The quantitative estimate of drug-likeness (QED) is 0.924. The number of benzene rings is 1. The summed E-state index contributed by atoms with van der Waals surface area (Å²) in [5.41, 5.74) is 0.480. The molecule has 0 saturated carbocycles. The molecule has 104 valence electrons. The number of sulfonamides is 1. The molecule has 1 heterocycles. The lowest BCUT2D eigenvalue weighted by Gasteiger charge is -2.11. The van der Waals surface area contributed by atoms with Crippen LogP contribution in [0.1, 0.15) is 6.92 Å². The number of hydrogen-bond acceptors (Lipinski definition) is 3. The Hall–Kier alpha value is -1.44. The molecule has 0 aliphatic carbocycles. The van der Waals surface area contributed by atoms with Crippen molar-refractivity contribution in [1.29, 1.82) is 0 Å². The topological polar surface area (TPSA) is 74.3 Å². The predicted octanol–water partition coefficient (Wildman–Crippen LogP) is 1.46. The largest absolute Gasteiger partial charge is 0.380 e. The van der Waals surface area contributed by atoms with Gasteiger partial charge in [0.1, 0.15) is 10.7 Å². The van der Waals surface area contributed by atoms with Gasteiger partial charge in [-0.05, 0) is 19.1 Å². The van der Waals surface area contributed by atoms with Gasteiger partial charge in [-0.15, -0.1) is 0 Å². The highest BCUT2D eigenvalue weighted by Crippen LogP contribution is 2.27. The number of primary sulfonamides is 1. The fraction of sp³-hybridized carbons (Fsp3) is 0.333. The molecule has 0 fully saturated rings. The summed E-state index contributed by atoms with van der Waals surface area (Å²) in [6.45, 7) is 2.24. The molecule has 0 aliphatic heterocycles. The molecule has 19 heavy (non-hydrogen) atoms. The van der Waals surface area contributed by atoms with Crippen molar-refractivity contribution in [1.82, 2.24) is 4.57 Å². The summed E-state index contributed by atoms with van der Waals surface area (Å²) in [5.74, 6) is -0.606. The Labute approximate surface area is 110 Å². The fourth-order valence-corrected chi connectivity index (χ4v) is 2.75. The molecule has 0 spiro atoms. The molecular formula is C12H15FN2O3S. The SMILES string of the molecule is COC(C)Cn1cc(S(N)(=O)=O)c2c(F)cccc21. The number of halogens is 1. The third-order valence-electron chi connectivity index (χ3n) is 2.98. The molecule has 0 radical (unpaired) electrons. The standard InChI is InChI=1S/C12H15FN2O3S/c1-8(18-2)6-15-7-11(19(14,16)17)12-9(13)4-3-5-10(12)15/h3-5,7-8H,6H2,1-2H3,(H2,14,16,17). The number of nitrogens with zero attached hydrogens (tertiary/aromatic N) is 1. The van der Waals surface area contributed by atoms with Crippen LogP contribution in [0.25, 0.3) is 10.9 Å². The van der Waals surface area contributed by atoms with Crippen LogP contribution >= 0.6 is 0 Å². The highest BCUT2D eigenvalue weighted by atomic mass is 32.2. The molecule has 5 nitrogen and oxygen atoms in total. The van der Waals surface area contributed by atoms with Crippen molar-refractivity contribution >= 4 is 20.9 Å². The zero-order chi connectivity index (χ0) is 14.2. The van der Waals surface area contributed by atoms with Gasteiger partial charge in [-0.2, -0.15) is 0 Å². The second-order valence-electron chi connectivity index (χ2n) is 4.37. The van der Waals surface area contributed by atoms with Crippen molar-refractivity contribution in [3.8, 4) is 0 Å². The molecule has 2 rings (SSSR count). The molecular weight excluding hydrogens is 271 g/mol. The van der Waals surface area contributed by atoms with Crippen molar-refractivity contribution in [3.05, 3.63) is 30.2 Å². The Morgan fingerprint density at radius 1 is 1.47 bits per heavy atom. The van der Waals surface area contributed by atoms with Crippen molar-refractivity contribution in [3.63, 3.8) is 0 Å². The van der Waals surface area contributed by atoms with Crippen LogP contribution in [0, 0.1) is 5.82 Å². The molecule has 2 aromatic rings. The van der Waals surface area contributed by atoms with Gasteiger partial charge >= 0.3 is 0 Å². The number of nitrogens with two attached hydrogens (primary N) is 1. The Morgan fingerprint density at radius 3 is 2.74 bits per heavy atom. The summed E-state index contributed by atoms with van der Waals surface area (Å²) in [6.07, 6.45) is 1.21. The van der Waals surface area contributed by atoms with Gasteiger partial charge in [-0.1, -0.05) is 6.07 Å². The van der Waals surface area contributed by atoms with Crippen LogP contribution in [0.2, 0.25) is 0 Å². The fourth-order valence-electron chi connectivity index (χ4n) is 1.99. The molecule has 2 N–H and O–H groups in total. The second-order valence-corrected chi connectivity index (χ2v) is 5.90. The van der Waals surface area contributed by atoms with E-state index in [9.17, 15) is 12.8 Å². The average Bonchev–Trinajstić information content (AvgIpc) is 2.69. The third-order valence-corrected chi connectivity index (χ3v) is 3.91. The van der Waals surface area contributed by atoms with E-state index in [4.69, 9.17) is 9.88 Å². The van der Waals surface area contributed by atoms with Gasteiger partial charge in [0.25, 0.3) is 0 Å². The van der Waals surface area contributed by atoms with Crippen LogP contribution in [0.3, 0.4) is 0 Å². The number of rotatable bonds is 4. The van der Waals surface area contributed by atoms with Crippen molar-refractivity contribution in [2.24, 2.45) is 5.14 Å². The molecule has 0 aliphatic rings. The van der Waals surface area contributed by atoms with Crippen LogP contribution in [-0.2, 0) is 21.3 Å². The van der Waals surface area contributed by atoms with Gasteiger partial charge in [0, 0.05) is 19.9 Å². The zero-order valence-corrected chi connectivity index (χ0v) is 11.4. The Bertz CT molecular complexity index is 709. The molecule has 1 unspecified atom stereocenters. The number of methoxy groups -OCH3 is 1. The summed E-state index contributed by atoms with van der Waals surface area (Å²) in [5, 5.41) is 5.15. The summed E-state index contributed by atoms with van der Waals surface area (Å²) in [4.78, 5) is -0.205. The molecule has 1 aromatic carbocycles. The van der Waals surface area contributed by atoms with E-state index in [0.717, 1.165) is 0 Å². The number of fused-ring (bicyclic) bond motifs is 1. The highest BCUT2D eigenvalue weighted by Gasteiger charge is 2.20. The van der Waals surface area contributed by atoms with Crippen LogP contribution in [0.15, 0.2) is 29.3 Å². The van der Waals surface area contributed by atoms with Gasteiger partial charge in [0.2, 0.25) is 10.0 Å². The summed E-state index contributed by atoms with van der Waals surface area (Å²) in [7, 11) is -2.42. The zero-order valence-electron chi connectivity index (χ0n) is 10.6. The first-order valence-electron chi connectivity index (χ1n) is 5.67. The Kier molecular flexibility index (Phi) is 3.62. The normalized spacial score (nSPS) is 13.9. The summed E-state index contributed by atoms with van der Waals surface area (Å²) < 4.78 is 43.7. The van der Waals surface area contributed by atoms with Crippen LogP contribution in [-0.4, -0.2) is 26.2 Å². The van der Waals surface area contributed by atoms with Gasteiger partial charge in [0.15, 0.2) is 0 Å². The van der Waals surface area contributed by atoms with Gasteiger partial charge < -0.3 is 9.30 Å². The maximum Gasteiger partial charge on any atom is 0.240 e. The Balaban J connectivity index is 2.71. The third kappa shape index (κ3) is 2.63. The molecule has 0 amide bonds. The molecule has 1 atom stereocenters. The molecule has 1 aromatic heterocycles. The average molecular weight is 286 g/mol. The minimum Gasteiger partial charge on any atom is -0.380 e. The van der Waals surface area contributed by atoms with Crippen LogP contribution in [0.4, 0.5) is 4.39 Å². The summed E-state index contributed by atoms with van der Waals surface area (Å²) in [6, 6.07) is 4.38. The number of aromatic nitrogens is 1. The van der Waals surface area contributed by atoms with Gasteiger partial charge in [0.05, 0.1) is 17.0 Å². The van der Waals surface area contributed by atoms with E-state index in [1.165, 1.54) is 18.3 Å². The first-order valence-corrected chi connectivity index (χ1v) is 7.22. The Morgan fingerprint density at radius 2 is 2.16 bits per heavy atom. The lowest BCUT2D eigenvalue weighted by molar-refractivity contribution is 0.104. The monoisotopic (exact) mass is 286 g/mol. The maximum absolute atomic E-state index is 13.8. The van der Waals surface area contributed by atoms with Crippen LogP contribution in [0.5, 0.6) is 0 Å². The van der Waals surface area contributed by atoms with Crippen molar-refractivity contribution < 1.29 is 17.5 Å².